The minimum absolute atomic E-state index is 0.153. The summed E-state index contributed by atoms with van der Waals surface area (Å²) in [6.07, 6.45) is -1.36. The number of rotatable bonds is 8. The van der Waals surface area contributed by atoms with Crippen LogP contribution in [0.3, 0.4) is 0 Å². The van der Waals surface area contributed by atoms with Crippen molar-refractivity contribution < 1.29 is 24.5 Å². The Hall–Kier alpha value is -1.34. The second-order valence-electron chi connectivity index (χ2n) is 6.69. The number of ether oxygens (including phenoxy) is 1. The van der Waals surface area contributed by atoms with E-state index in [0.29, 0.717) is 10.0 Å². The van der Waals surface area contributed by atoms with Crippen molar-refractivity contribution in [1.29, 1.82) is 0 Å². The molecule has 0 amide bonds. The van der Waals surface area contributed by atoms with Crippen LogP contribution in [0.4, 0.5) is 0 Å². The SMILES string of the molecule is CC(C)(C)OC(=O)CN[C@H](Cc1ccc(Cl)c(Cl)c1)[C@H](O)CC(=O)O. The lowest BCUT2D eigenvalue weighted by atomic mass is 9.99. The van der Waals surface area contributed by atoms with Crippen molar-refractivity contribution in [2.24, 2.45) is 0 Å². The fourth-order valence-corrected chi connectivity index (χ4v) is 2.50. The Labute approximate surface area is 157 Å². The second kappa shape index (κ2) is 9.38. The van der Waals surface area contributed by atoms with Gasteiger partial charge in [-0.2, -0.15) is 0 Å². The molecule has 0 aliphatic carbocycles. The smallest absolute Gasteiger partial charge is 0.320 e. The molecule has 2 atom stereocenters. The van der Waals surface area contributed by atoms with Crippen LogP contribution in [-0.2, 0) is 20.7 Å². The first-order valence-electron chi connectivity index (χ1n) is 7.77. The minimum Gasteiger partial charge on any atom is -0.481 e. The number of carboxylic acid groups (broad SMARTS) is 1. The van der Waals surface area contributed by atoms with Gasteiger partial charge in [-0.25, -0.2) is 0 Å². The lowest BCUT2D eigenvalue weighted by Crippen LogP contribution is -2.45. The Balaban J connectivity index is 2.80. The van der Waals surface area contributed by atoms with Gasteiger partial charge in [0, 0.05) is 6.04 Å². The number of aliphatic hydroxyl groups is 1. The van der Waals surface area contributed by atoms with Gasteiger partial charge in [-0.05, 0) is 44.9 Å². The number of carboxylic acids is 1. The highest BCUT2D eigenvalue weighted by atomic mass is 35.5. The van der Waals surface area contributed by atoms with Gasteiger partial charge < -0.3 is 20.3 Å². The fraction of sp³-hybridized carbons (Fsp3) is 0.529. The third-order valence-electron chi connectivity index (χ3n) is 3.22. The zero-order valence-electron chi connectivity index (χ0n) is 14.4. The number of hydrogen-bond donors (Lipinski definition) is 3. The molecule has 0 saturated carbocycles. The van der Waals surface area contributed by atoms with Crippen LogP contribution in [0.5, 0.6) is 0 Å². The van der Waals surface area contributed by atoms with Crippen molar-refractivity contribution in [3.63, 3.8) is 0 Å². The Morgan fingerprint density at radius 1 is 1.24 bits per heavy atom. The summed E-state index contributed by atoms with van der Waals surface area (Å²) in [6, 6.07) is 4.32. The molecule has 0 radical (unpaired) electrons. The van der Waals surface area contributed by atoms with E-state index in [-0.39, 0.29) is 13.0 Å². The second-order valence-corrected chi connectivity index (χ2v) is 7.51. The Morgan fingerprint density at radius 2 is 1.88 bits per heavy atom. The maximum absolute atomic E-state index is 11.8. The van der Waals surface area contributed by atoms with Crippen molar-refractivity contribution >= 4 is 35.1 Å². The first-order chi connectivity index (χ1) is 11.5. The molecule has 0 aliphatic rings. The minimum atomic E-state index is -1.19. The molecule has 140 valence electrons. The van der Waals surface area contributed by atoms with E-state index in [1.807, 2.05) is 0 Å². The van der Waals surface area contributed by atoms with Crippen LogP contribution in [-0.4, -0.2) is 46.4 Å². The summed E-state index contributed by atoms with van der Waals surface area (Å²) >= 11 is 11.9. The fourth-order valence-electron chi connectivity index (χ4n) is 2.18. The Bertz CT molecular complexity index is 616. The molecule has 0 unspecified atom stereocenters. The van der Waals surface area contributed by atoms with E-state index in [1.54, 1.807) is 39.0 Å². The molecule has 0 aromatic heterocycles. The molecular weight excluding hydrogens is 369 g/mol. The molecule has 0 fully saturated rings. The molecule has 0 spiro atoms. The van der Waals surface area contributed by atoms with Gasteiger partial charge in [0.25, 0.3) is 0 Å². The molecule has 0 saturated heterocycles. The van der Waals surface area contributed by atoms with E-state index >= 15 is 0 Å². The van der Waals surface area contributed by atoms with Gasteiger partial charge in [0.15, 0.2) is 0 Å². The molecule has 0 aliphatic heterocycles. The molecule has 1 aromatic carbocycles. The molecule has 1 aromatic rings. The van der Waals surface area contributed by atoms with Crippen LogP contribution in [0.15, 0.2) is 18.2 Å². The highest BCUT2D eigenvalue weighted by Gasteiger charge is 2.24. The van der Waals surface area contributed by atoms with Crippen molar-refractivity contribution in [3.05, 3.63) is 33.8 Å². The average molecular weight is 392 g/mol. The quantitative estimate of drug-likeness (QED) is 0.589. The summed E-state index contributed by atoms with van der Waals surface area (Å²) in [4.78, 5) is 22.7. The number of benzene rings is 1. The first kappa shape index (κ1) is 21.7. The molecule has 1 rings (SSSR count). The zero-order valence-corrected chi connectivity index (χ0v) is 15.9. The third-order valence-corrected chi connectivity index (χ3v) is 3.96. The molecule has 0 bridgehead atoms. The summed E-state index contributed by atoms with van der Waals surface area (Å²) in [5.41, 5.74) is 0.123. The number of carbonyl (C=O) groups excluding carboxylic acids is 1. The summed E-state index contributed by atoms with van der Waals surface area (Å²) in [5.74, 6) is -1.63. The largest absolute Gasteiger partial charge is 0.481 e. The van der Waals surface area contributed by atoms with Gasteiger partial charge >= 0.3 is 11.9 Å². The Kier molecular flexibility index (Phi) is 8.15. The van der Waals surface area contributed by atoms with Crippen molar-refractivity contribution in [3.8, 4) is 0 Å². The number of carbonyl (C=O) groups is 2. The molecule has 0 heterocycles. The van der Waals surface area contributed by atoms with Crippen LogP contribution in [0, 0.1) is 0 Å². The zero-order chi connectivity index (χ0) is 19.2. The van der Waals surface area contributed by atoms with Gasteiger partial charge in [-0.15, -0.1) is 0 Å². The van der Waals surface area contributed by atoms with Gasteiger partial charge in [-0.3, -0.25) is 9.59 Å². The standard InChI is InChI=1S/C17H23Cl2NO5/c1-17(2,3)25-16(24)9-20-13(14(21)8-15(22)23)7-10-4-5-11(18)12(19)6-10/h4-6,13-14,20-21H,7-9H2,1-3H3,(H,22,23)/t13-,14-/m1/s1. The highest BCUT2D eigenvalue weighted by molar-refractivity contribution is 6.42. The maximum Gasteiger partial charge on any atom is 0.320 e. The van der Waals surface area contributed by atoms with Gasteiger partial charge in [0.1, 0.15) is 5.60 Å². The van der Waals surface area contributed by atoms with Gasteiger partial charge in [0.05, 0.1) is 29.1 Å². The number of hydrogen-bond acceptors (Lipinski definition) is 5. The van der Waals surface area contributed by atoms with E-state index in [0.717, 1.165) is 5.56 Å². The van der Waals surface area contributed by atoms with Crippen molar-refractivity contribution in [1.82, 2.24) is 5.32 Å². The normalized spacial score (nSPS) is 14.0. The van der Waals surface area contributed by atoms with Crippen LogP contribution in [0.1, 0.15) is 32.8 Å². The number of aliphatic hydroxyl groups excluding tert-OH is 1. The monoisotopic (exact) mass is 391 g/mol. The molecule has 6 nitrogen and oxygen atoms in total. The van der Waals surface area contributed by atoms with E-state index in [4.69, 9.17) is 33.0 Å². The highest BCUT2D eigenvalue weighted by Crippen LogP contribution is 2.23. The van der Waals surface area contributed by atoms with E-state index < -0.39 is 36.1 Å². The van der Waals surface area contributed by atoms with Gasteiger partial charge in [-0.1, -0.05) is 29.3 Å². The van der Waals surface area contributed by atoms with Crippen LogP contribution in [0.2, 0.25) is 10.0 Å². The van der Waals surface area contributed by atoms with Crippen LogP contribution < -0.4 is 5.32 Å². The summed E-state index contributed by atoms with van der Waals surface area (Å²) in [5, 5.41) is 22.7. The molecule has 8 heteroatoms. The number of esters is 1. The maximum atomic E-state index is 11.8. The average Bonchev–Trinajstić information content (AvgIpc) is 2.44. The predicted octanol–water partition coefficient (Wildman–Crippen LogP) is 2.67. The van der Waals surface area contributed by atoms with E-state index in [9.17, 15) is 14.7 Å². The number of nitrogens with one attached hydrogen (secondary N) is 1. The molecule has 3 N–H and O–H groups in total. The van der Waals surface area contributed by atoms with Crippen molar-refractivity contribution in [2.75, 3.05) is 6.54 Å². The van der Waals surface area contributed by atoms with Crippen LogP contribution in [0.25, 0.3) is 0 Å². The summed E-state index contributed by atoms with van der Waals surface area (Å²) in [7, 11) is 0. The molecular formula is C17H23Cl2NO5. The van der Waals surface area contributed by atoms with Gasteiger partial charge in [0.2, 0.25) is 0 Å². The molecule has 25 heavy (non-hydrogen) atoms. The van der Waals surface area contributed by atoms with E-state index in [1.165, 1.54) is 0 Å². The summed E-state index contributed by atoms with van der Waals surface area (Å²) < 4.78 is 5.20. The summed E-state index contributed by atoms with van der Waals surface area (Å²) in [6.45, 7) is 5.09. The Morgan fingerprint density at radius 3 is 2.40 bits per heavy atom. The number of aliphatic carboxylic acids is 1. The predicted molar refractivity (Wildman–Crippen MR) is 96.1 cm³/mol. The first-order valence-corrected chi connectivity index (χ1v) is 8.52. The van der Waals surface area contributed by atoms with Crippen LogP contribution >= 0.6 is 23.2 Å². The lowest BCUT2D eigenvalue weighted by molar-refractivity contribution is -0.153. The van der Waals surface area contributed by atoms with Crippen molar-refractivity contribution in [2.45, 2.75) is 51.4 Å². The number of halogens is 2. The third kappa shape index (κ3) is 8.54. The topological polar surface area (TPSA) is 95.9 Å². The lowest BCUT2D eigenvalue weighted by Gasteiger charge is -2.25. The van der Waals surface area contributed by atoms with E-state index in [2.05, 4.69) is 5.32 Å².